The Labute approximate surface area is 152 Å². The maximum Gasteiger partial charge on any atom is 0.159 e. The van der Waals surface area contributed by atoms with E-state index >= 15 is 0 Å². The second kappa shape index (κ2) is 7.84. The summed E-state index contributed by atoms with van der Waals surface area (Å²) in [6.07, 6.45) is 0. The van der Waals surface area contributed by atoms with Crippen molar-refractivity contribution in [3.63, 3.8) is 0 Å². The van der Waals surface area contributed by atoms with Crippen LogP contribution in [0.25, 0.3) is 10.6 Å². The molecule has 0 amide bonds. The van der Waals surface area contributed by atoms with Gasteiger partial charge in [0.05, 0.1) is 25.5 Å². The van der Waals surface area contributed by atoms with Crippen LogP contribution in [-0.2, 0) is 5.75 Å². The topological polar surface area (TPSA) is 31.4 Å². The van der Waals surface area contributed by atoms with Crippen LogP contribution in [0.4, 0.5) is 8.78 Å². The summed E-state index contributed by atoms with van der Waals surface area (Å²) >= 11 is 2.91. The molecule has 7 heteroatoms. The first-order valence-electron chi connectivity index (χ1n) is 7.35. The van der Waals surface area contributed by atoms with E-state index in [0.29, 0.717) is 22.1 Å². The molecule has 0 aliphatic rings. The molecule has 0 spiro atoms. The standard InChI is InChI=1S/C18H15F2NO2S2/c1-22-12-3-5-14(17(7-12)23-2)18-21-11(10-25-18)9-24-13-4-6-15(19)16(20)8-13/h3-8,10H,9H2,1-2H3. The number of rotatable bonds is 6. The molecular weight excluding hydrogens is 364 g/mol. The molecule has 0 radical (unpaired) electrons. The number of thiazole rings is 1. The summed E-state index contributed by atoms with van der Waals surface area (Å²) in [5.74, 6) is 0.290. The second-order valence-corrected chi connectivity index (χ2v) is 6.98. The van der Waals surface area contributed by atoms with E-state index < -0.39 is 11.6 Å². The largest absolute Gasteiger partial charge is 0.497 e. The number of thioether (sulfide) groups is 1. The molecule has 0 aliphatic carbocycles. The van der Waals surface area contributed by atoms with Crippen LogP contribution in [0, 0.1) is 11.6 Å². The Kier molecular flexibility index (Phi) is 5.55. The number of benzene rings is 2. The van der Waals surface area contributed by atoms with Gasteiger partial charge in [0.25, 0.3) is 0 Å². The van der Waals surface area contributed by atoms with Gasteiger partial charge in [-0.3, -0.25) is 0 Å². The summed E-state index contributed by atoms with van der Waals surface area (Å²) in [6, 6.07) is 9.46. The molecule has 1 aromatic heterocycles. The molecule has 1 heterocycles. The second-order valence-electron chi connectivity index (χ2n) is 5.07. The van der Waals surface area contributed by atoms with Crippen molar-refractivity contribution in [2.75, 3.05) is 14.2 Å². The fourth-order valence-electron chi connectivity index (χ4n) is 2.20. The van der Waals surface area contributed by atoms with Crippen molar-refractivity contribution in [1.29, 1.82) is 0 Å². The third-order valence-electron chi connectivity index (χ3n) is 3.47. The van der Waals surface area contributed by atoms with Gasteiger partial charge in [0.15, 0.2) is 11.6 Å². The molecule has 130 valence electrons. The zero-order valence-corrected chi connectivity index (χ0v) is 15.2. The summed E-state index contributed by atoms with van der Waals surface area (Å²) < 4.78 is 36.8. The molecule has 25 heavy (non-hydrogen) atoms. The number of hydrogen-bond donors (Lipinski definition) is 0. The van der Waals surface area contributed by atoms with Crippen LogP contribution in [0.15, 0.2) is 46.7 Å². The fraction of sp³-hybridized carbons (Fsp3) is 0.167. The maximum absolute atomic E-state index is 13.2. The van der Waals surface area contributed by atoms with Crippen molar-refractivity contribution in [3.8, 4) is 22.1 Å². The van der Waals surface area contributed by atoms with Crippen molar-refractivity contribution in [3.05, 3.63) is 59.1 Å². The van der Waals surface area contributed by atoms with E-state index in [1.807, 2.05) is 23.6 Å². The lowest BCUT2D eigenvalue weighted by Crippen LogP contribution is -1.90. The van der Waals surface area contributed by atoms with Crippen LogP contribution in [0.1, 0.15) is 5.69 Å². The molecule has 0 unspecified atom stereocenters. The van der Waals surface area contributed by atoms with Gasteiger partial charge >= 0.3 is 0 Å². The monoisotopic (exact) mass is 379 g/mol. The van der Waals surface area contributed by atoms with Crippen LogP contribution in [-0.4, -0.2) is 19.2 Å². The molecule has 0 atom stereocenters. The first kappa shape index (κ1) is 17.7. The van der Waals surface area contributed by atoms with Crippen LogP contribution in [0.3, 0.4) is 0 Å². The van der Waals surface area contributed by atoms with Gasteiger partial charge in [0.1, 0.15) is 16.5 Å². The van der Waals surface area contributed by atoms with Crippen LogP contribution in [0.2, 0.25) is 0 Å². The van der Waals surface area contributed by atoms with Gasteiger partial charge in [-0.05, 0) is 30.3 Å². The third-order valence-corrected chi connectivity index (χ3v) is 5.42. The van der Waals surface area contributed by atoms with Crippen molar-refractivity contribution >= 4 is 23.1 Å². The highest BCUT2D eigenvalue weighted by molar-refractivity contribution is 7.98. The van der Waals surface area contributed by atoms with Crippen molar-refractivity contribution in [1.82, 2.24) is 4.98 Å². The number of aromatic nitrogens is 1. The Bertz CT molecular complexity index is 883. The lowest BCUT2D eigenvalue weighted by molar-refractivity contribution is 0.395. The van der Waals surface area contributed by atoms with Crippen molar-refractivity contribution in [2.45, 2.75) is 10.6 Å². The predicted molar refractivity (Wildman–Crippen MR) is 96.6 cm³/mol. The Morgan fingerprint density at radius 1 is 1.04 bits per heavy atom. The van der Waals surface area contributed by atoms with Gasteiger partial charge in [-0.25, -0.2) is 13.8 Å². The Morgan fingerprint density at radius 3 is 2.60 bits per heavy atom. The molecule has 0 saturated carbocycles. The van der Waals surface area contributed by atoms with Gasteiger partial charge in [-0.1, -0.05) is 0 Å². The van der Waals surface area contributed by atoms with Gasteiger partial charge in [-0.15, -0.1) is 23.1 Å². The van der Waals surface area contributed by atoms with E-state index in [4.69, 9.17) is 9.47 Å². The van der Waals surface area contributed by atoms with E-state index in [2.05, 4.69) is 4.98 Å². The average molecular weight is 379 g/mol. The minimum absolute atomic E-state index is 0.569. The third kappa shape index (κ3) is 4.11. The van der Waals surface area contributed by atoms with Gasteiger partial charge in [0, 0.05) is 22.1 Å². The SMILES string of the molecule is COc1ccc(-c2nc(CSc3ccc(F)c(F)c3)cs2)c(OC)c1. The fourth-order valence-corrected chi connectivity index (χ4v) is 3.96. The van der Waals surface area contributed by atoms with E-state index in [1.165, 1.54) is 29.2 Å². The molecular formula is C18H15F2NO2S2. The van der Waals surface area contributed by atoms with E-state index in [9.17, 15) is 8.78 Å². The van der Waals surface area contributed by atoms with Crippen LogP contribution in [0.5, 0.6) is 11.5 Å². The molecule has 0 bridgehead atoms. The summed E-state index contributed by atoms with van der Waals surface area (Å²) in [7, 11) is 3.21. The zero-order chi connectivity index (χ0) is 17.8. The summed E-state index contributed by atoms with van der Waals surface area (Å²) in [6.45, 7) is 0. The Balaban J connectivity index is 1.75. The summed E-state index contributed by atoms with van der Waals surface area (Å²) in [4.78, 5) is 5.27. The molecule has 0 aliphatic heterocycles. The van der Waals surface area contributed by atoms with Gasteiger partial charge < -0.3 is 9.47 Å². The van der Waals surface area contributed by atoms with Gasteiger partial charge in [0.2, 0.25) is 0 Å². The highest BCUT2D eigenvalue weighted by Gasteiger charge is 2.12. The van der Waals surface area contributed by atoms with E-state index in [0.717, 1.165) is 22.3 Å². The lowest BCUT2D eigenvalue weighted by Gasteiger charge is -2.08. The zero-order valence-electron chi connectivity index (χ0n) is 13.6. The van der Waals surface area contributed by atoms with Gasteiger partial charge in [-0.2, -0.15) is 0 Å². The van der Waals surface area contributed by atoms with Crippen LogP contribution >= 0.6 is 23.1 Å². The number of ether oxygens (including phenoxy) is 2. The molecule has 0 N–H and O–H groups in total. The minimum atomic E-state index is -0.841. The van der Waals surface area contributed by atoms with Crippen LogP contribution < -0.4 is 9.47 Å². The highest BCUT2D eigenvalue weighted by Crippen LogP contribution is 2.36. The number of methoxy groups -OCH3 is 2. The quantitative estimate of drug-likeness (QED) is 0.537. The first-order valence-corrected chi connectivity index (χ1v) is 9.22. The minimum Gasteiger partial charge on any atom is -0.497 e. The normalized spacial score (nSPS) is 10.7. The molecule has 0 fully saturated rings. The van der Waals surface area contributed by atoms with Crippen molar-refractivity contribution in [2.24, 2.45) is 0 Å². The number of hydrogen-bond acceptors (Lipinski definition) is 5. The van der Waals surface area contributed by atoms with E-state index in [-0.39, 0.29) is 0 Å². The highest BCUT2D eigenvalue weighted by atomic mass is 32.2. The lowest BCUT2D eigenvalue weighted by atomic mass is 10.2. The summed E-state index contributed by atoms with van der Waals surface area (Å²) in [5, 5.41) is 2.78. The average Bonchev–Trinajstić information content (AvgIpc) is 3.11. The molecule has 3 rings (SSSR count). The first-order chi connectivity index (χ1) is 12.1. The smallest absolute Gasteiger partial charge is 0.159 e. The molecule has 3 aromatic rings. The Morgan fingerprint density at radius 2 is 1.88 bits per heavy atom. The molecule has 3 nitrogen and oxygen atoms in total. The summed E-state index contributed by atoms with van der Waals surface area (Å²) in [5.41, 5.74) is 1.75. The Hall–Kier alpha value is -2.12. The number of halogens is 2. The molecule has 0 saturated heterocycles. The van der Waals surface area contributed by atoms with E-state index in [1.54, 1.807) is 20.3 Å². The maximum atomic E-state index is 13.2. The number of nitrogens with zero attached hydrogens (tertiary/aromatic N) is 1. The molecule has 2 aromatic carbocycles. The van der Waals surface area contributed by atoms with Crippen molar-refractivity contribution < 1.29 is 18.3 Å². The predicted octanol–water partition coefficient (Wildman–Crippen LogP) is 5.40.